The van der Waals surface area contributed by atoms with Gasteiger partial charge in [0.15, 0.2) is 5.60 Å². The Morgan fingerprint density at radius 1 is 0.897 bits per heavy atom. The first-order valence-corrected chi connectivity index (χ1v) is 13.6. The van der Waals surface area contributed by atoms with Crippen molar-refractivity contribution in [2.45, 2.75) is 26.4 Å². The van der Waals surface area contributed by atoms with E-state index in [9.17, 15) is 14.4 Å². The zero-order valence-corrected chi connectivity index (χ0v) is 23.9. The smallest absolute Gasteiger partial charge is 0.338 e. The number of nitrogens with one attached hydrogen (secondary N) is 1. The van der Waals surface area contributed by atoms with Crippen LogP contribution in [0.15, 0.2) is 77.3 Å². The molecule has 1 heterocycles. The van der Waals surface area contributed by atoms with Crippen molar-refractivity contribution in [1.29, 1.82) is 0 Å². The van der Waals surface area contributed by atoms with E-state index >= 15 is 0 Å². The van der Waals surface area contributed by atoms with Crippen LogP contribution in [-0.4, -0.2) is 61.1 Å². The topological polar surface area (TPSA) is 88.2 Å². The van der Waals surface area contributed by atoms with Gasteiger partial charge in [-0.25, -0.2) is 4.79 Å². The lowest BCUT2D eigenvalue weighted by atomic mass is 10.1. The molecule has 3 aromatic rings. The molecular weight excluding hydrogens is 562 g/mol. The summed E-state index contributed by atoms with van der Waals surface area (Å²) in [5, 5.41) is 2.97. The Labute approximate surface area is 237 Å². The molecule has 3 aromatic carbocycles. The lowest BCUT2D eigenvalue weighted by molar-refractivity contribution is -0.128. The maximum Gasteiger partial charge on any atom is 0.338 e. The van der Waals surface area contributed by atoms with Crippen LogP contribution in [0.25, 0.3) is 0 Å². The Bertz CT molecular complexity index is 1320. The minimum Gasteiger partial charge on any atom is -0.478 e. The lowest BCUT2D eigenvalue weighted by Gasteiger charge is -2.37. The molecule has 9 heteroatoms. The largest absolute Gasteiger partial charge is 0.478 e. The molecule has 0 bridgehead atoms. The van der Waals surface area contributed by atoms with Crippen LogP contribution in [0.4, 0.5) is 11.4 Å². The summed E-state index contributed by atoms with van der Waals surface area (Å²) in [7, 11) is 0. The van der Waals surface area contributed by atoms with Crippen molar-refractivity contribution >= 4 is 45.1 Å². The van der Waals surface area contributed by atoms with E-state index in [4.69, 9.17) is 9.47 Å². The first-order chi connectivity index (χ1) is 18.7. The summed E-state index contributed by atoms with van der Waals surface area (Å²) in [5.74, 6) is -0.292. The second kappa shape index (κ2) is 12.3. The Balaban J connectivity index is 1.53. The number of hydrogen-bond donors (Lipinski definition) is 1. The molecule has 0 aromatic heterocycles. The summed E-state index contributed by atoms with van der Waals surface area (Å²) in [6.07, 6.45) is 0. The number of benzene rings is 3. The molecular formula is C30H32BrN3O5. The van der Waals surface area contributed by atoms with Crippen molar-refractivity contribution < 1.29 is 23.9 Å². The number of ether oxygens (including phenoxy) is 2. The maximum absolute atomic E-state index is 13.4. The van der Waals surface area contributed by atoms with Gasteiger partial charge in [-0.15, -0.1) is 0 Å². The average Bonchev–Trinajstić information content (AvgIpc) is 2.94. The van der Waals surface area contributed by atoms with Gasteiger partial charge in [0.25, 0.3) is 11.8 Å². The van der Waals surface area contributed by atoms with E-state index in [1.165, 1.54) is 0 Å². The van der Waals surface area contributed by atoms with Gasteiger partial charge in [0.1, 0.15) is 5.75 Å². The van der Waals surface area contributed by atoms with Crippen LogP contribution >= 0.6 is 15.9 Å². The van der Waals surface area contributed by atoms with Gasteiger partial charge >= 0.3 is 5.97 Å². The molecule has 0 saturated carbocycles. The predicted molar refractivity (Wildman–Crippen MR) is 154 cm³/mol. The summed E-state index contributed by atoms with van der Waals surface area (Å²) in [5.41, 5.74) is 1.01. The third-order valence-corrected chi connectivity index (χ3v) is 6.95. The van der Waals surface area contributed by atoms with Crippen LogP contribution in [0.5, 0.6) is 5.75 Å². The molecule has 2 amide bonds. The molecule has 1 aliphatic heterocycles. The third-order valence-electron chi connectivity index (χ3n) is 6.42. The number of anilines is 2. The number of carbonyl (C=O) groups is 3. The van der Waals surface area contributed by atoms with Crippen molar-refractivity contribution in [2.75, 3.05) is 43.0 Å². The average molecular weight is 595 g/mol. The Morgan fingerprint density at radius 3 is 2.21 bits per heavy atom. The lowest BCUT2D eigenvalue weighted by Crippen LogP contribution is -2.49. The quantitative estimate of drug-likeness (QED) is 0.353. The first-order valence-electron chi connectivity index (χ1n) is 12.8. The van der Waals surface area contributed by atoms with Crippen LogP contribution in [0, 0.1) is 0 Å². The van der Waals surface area contributed by atoms with Crippen molar-refractivity contribution in [3.05, 3.63) is 88.4 Å². The molecule has 204 valence electrons. The van der Waals surface area contributed by atoms with E-state index in [0.29, 0.717) is 48.7 Å². The number of carbonyl (C=O) groups excluding carboxylic acids is 3. The van der Waals surface area contributed by atoms with Crippen LogP contribution in [-0.2, 0) is 9.53 Å². The fourth-order valence-corrected chi connectivity index (χ4v) is 4.55. The van der Waals surface area contributed by atoms with Crippen LogP contribution in [0.2, 0.25) is 0 Å². The van der Waals surface area contributed by atoms with Gasteiger partial charge in [-0.3, -0.25) is 9.59 Å². The third kappa shape index (κ3) is 6.97. The summed E-state index contributed by atoms with van der Waals surface area (Å²) < 4.78 is 12.1. The molecule has 0 spiro atoms. The van der Waals surface area contributed by atoms with Crippen molar-refractivity contribution in [1.82, 2.24) is 4.90 Å². The van der Waals surface area contributed by atoms with Crippen molar-refractivity contribution in [2.24, 2.45) is 0 Å². The Morgan fingerprint density at radius 2 is 1.56 bits per heavy atom. The number of esters is 1. The van der Waals surface area contributed by atoms with Gasteiger partial charge in [-0.1, -0.05) is 34.1 Å². The molecule has 0 atom stereocenters. The molecule has 4 rings (SSSR count). The van der Waals surface area contributed by atoms with Gasteiger partial charge in [0.2, 0.25) is 0 Å². The number of rotatable bonds is 8. The number of piperazine rings is 1. The minimum atomic E-state index is -1.20. The normalized spacial score (nSPS) is 13.5. The monoisotopic (exact) mass is 593 g/mol. The summed E-state index contributed by atoms with van der Waals surface area (Å²) >= 11 is 3.40. The van der Waals surface area contributed by atoms with Gasteiger partial charge in [0.05, 0.1) is 23.5 Å². The van der Waals surface area contributed by atoms with Gasteiger partial charge < -0.3 is 24.6 Å². The second-order valence-corrected chi connectivity index (χ2v) is 10.5. The SMILES string of the molecule is CCOC(=O)c1ccc(N2CCN(C(=O)c3ccccc3)CC2)c(NC(=O)C(C)(C)Oc2ccc(Br)cc2)c1. The van der Waals surface area contributed by atoms with Crippen LogP contribution in [0.1, 0.15) is 41.5 Å². The highest BCUT2D eigenvalue weighted by Gasteiger charge is 2.32. The highest BCUT2D eigenvalue weighted by molar-refractivity contribution is 9.10. The molecule has 1 fully saturated rings. The molecule has 39 heavy (non-hydrogen) atoms. The highest BCUT2D eigenvalue weighted by atomic mass is 79.9. The second-order valence-electron chi connectivity index (χ2n) is 9.62. The fourth-order valence-electron chi connectivity index (χ4n) is 4.28. The standard InChI is InChI=1S/C30H32BrN3O5/c1-4-38-28(36)22-10-15-26(33-16-18-34(19-17-33)27(35)21-8-6-5-7-9-21)25(20-22)32-29(37)30(2,3)39-24-13-11-23(31)12-14-24/h5-15,20H,4,16-19H2,1-3H3,(H,32,37). The first kappa shape index (κ1) is 28.2. The summed E-state index contributed by atoms with van der Waals surface area (Å²) in [6, 6.07) is 21.6. The zero-order chi connectivity index (χ0) is 28.0. The molecule has 1 saturated heterocycles. The van der Waals surface area contributed by atoms with E-state index in [0.717, 1.165) is 10.2 Å². The van der Waals surface area contributed by atoms with E-state index in [1.807, 2.05) is 47.4 Å². The molecule has 1 aliphatic rings. The van der Waals surface area contributed by atoms with Gasteiger partial charge in [-0.2, -0.15) is 0 Å². The number of nitrogens with zero attached hydrogens (tertiary/aromatic N) is 2. The van der Waals surface area contributed by atoms with Crippen LogP contribution in [0.3, 0.4) is 0 Å². The minimum absolute atomic E-state index is 0.00623. The zero-order valence-electron chi connectivity index (χ0n) is 22.3. The van der Waals surface area contributed by atoms with E-state index < -0.39 is 11.6 Å². The fraction of sp³-hybridized carbons (Fsp3) is 0.300. The maximum atomic E-state index is 13.4. The molecule has 0 aliphatic carbocycles. The van der Waals surface area contributed by atoms with Gasteiger partial charge in [0, 0.05) is 36.2 Å². The van der Waals surface area contributed by atoms with Gasteiger partial charge in [-0.05, 0) is 75.4 Å². The van der Waals surface area contributed by atoms with Crippen molar-refractivity contribution in [3.8, 4) is 5.75 Å². The van der Waals surface area contributed by atoms with Crippen molar-refractivity contribution in [3.63, 3.8) is 0 Å². The summed E-state index contributed by atoms with van der Waals surface area (Å²) in [4.78, 5) is 42.7. The van der Waals surface area contributed by atoms with Crippen LogP contribution < -0.4 is 15.0 Å². The number of amides is 2. The Hall–Kier alpha value is -3.85. The molecule has 0 unspecified atom stereocenters. The number of halogens is 1. The molecule has 0 radical (unpaired) electrons. The van der Waals surface area contributed by atoms with E-state index in [2.05, 4.69) is 26.1 Å². The van der Waals surface area contributed by atoms with E-state index in [1.54, 1.807) is 51.1 Å². The molecule has 1 N–H and O–H groups in total. The molecule has 8 nitrogen and oxygen atoms in total. The van der Waals surface area contributed by atoms with E-state index in [-0.39, 0.29) is 18.4 Å². The highest BCUT2D eigenvalue weighted by Crippen LogP contribution is 2.31. The number of hydrogen-bond acceptors (Lipinski definition) is 6. The Kier molecular flexibility index (Phi) is 8.91. The summed E-state index contributed by atoms with van der Waals surface area (Å²) in [6.45, 7) is 7.55. The predicted octanol–water partition coefficient (Wildman–Crippen LogP) is 5.38.